The van der Waals surface area contributed by atoms with E-state index in [-0.39, 0.29) is 5.28 Å². The molecule has 1 N–H and O–H groups in total. The number of pyridine rings is 1. The highest BCUT2D eigenvalue weighted by molar-refractivity contribution is 6.28. The zero-order valence-electron chi connectivity index (χ0n) is 9.38. The first-order valence-corrected chi connectivity index (χ1v) is 5.53. The van der Waals surface area contributed by atoms with E-state index in [0.29, 0.717) is 17.2 Å². The van der Waals surface area contributed by atoms with Crippen molar-refractivity contribution < 1.29 is 4.74 Å². The van der Waals surface area contributed by atoms with Crippen LogP contribution in [-0.4, -0.2) is 32.3 Å². The van der Waals surface area contributed by atoms with Gasteiger partial charge in [0.25, 0.3) is 0 Å². The Bertz CT molecular complexity index is 711. The van der Waals surface area contributed by atoms with E-state index in [2.05, 4.69) is 25.1 Å². The molecule has 0 atom stereocenters. The average molecular weight is 262 g/mol. The van der Waals surface area contributed by atoms with Gasteiger partial charge in [-0.15, -0.1) is 0 Å². The van der Waals surface area contributed by atoms with Crippen LogP contribution in [0.2, 0.25) is 5.28 Å². The highest BCUT2D eigenvalue weighted by Gasteiger charge is 2.11. The van der Waals surface area contributed by atoms with Gasteiger partial charge < -0.3 is 4.74 Å². The lowest BCUT2D eigenvalue weighted by atomic mass is 10.1. The molecule has 3 aromatic rings. The minimum atomic E-state index is 0.164. The Hall–Kier alpha value is -2.21. The number of hydrogen-bond donors (Lipinski definition) is 1. The fourth-order valence-electron chi connectivity index (χ4n) is 1.70. The number of nitrogens with zero attached hydrogens (tertiary/aromatic N) is 4. The fraction of sp³-hybridized carbons (Fsp3) is 0.0909. The molecule has 3 rings (SSSR count). The highest BCUT2D eigenvalue weighted by atomic mass is 35.5. The zero-order valence-corrected chi connectivity index (χ0v) is 10.1. The van der Waals surface area contributed by atoms with Gasteiger partial charge in [-0.3, -0.25) is 5.10 Å². The molecular weight excluding hydrogens is 254 g/mol. The predicted molar refractivity (Wildman–Crippen MR) is 66.5 cm³/mol. The first-order chi connectivity index (χ1) is 8.78. The standard InChI is InChI=1S/C11H8ClN5O/c1-18-8-4-6(2-3-13-8)9-7-5-14-17-10(7)16-11(12)15-9/h2-5H,1H3,(H,14,15,16,17). The lowest BCUT2D eigenvalue weighted by Gasteiger charge is -2.04. The summed E-state index contributed by atoms with van der Waals surface area (Å²) in [6, 6.07) is 3.61. The van der Waals surface area contributed by atoms with Gasteiger partial charge in [-0.25, -0.2) is 9.97 Å². The van der Waals surface area contributed by atoms with Crippen molar-refractivity contribution in [3.05, 3.63) is 29.8 Å². The molecule has 18 heavy (non-hydrogen) atoms. The molecule has 3 heterocycles. The summed E-state index contributed by atoms with van der Waals surface area (Å²) in [7, 11) is 1.56. The molecule has 0 radical (unpaired) electrons. The molecule has 0 unspecified atom stereocenters. The van der Waals surface area contributed by atoms with Crippen molar-refractivity contribution in [1.82, 2.24) is 25.1 Å². The summed E-state index contributed by atoms with van der Waals surface area (Å²) in [6.07, 6.45) is 3.31. The van der Waals surface area contributed by atoms with Gasteiger partial charge in [0.05, 0.1) is 24.4 Å². The van der Waals surface area contributed by atoms with E-state index >= 15 is 0 Å². The number of hydrogen-bond acceptors (Lipinski definition) is 5. The third-order valence-corrected chi connectivity index (χ3v) is 2.67. The van der Waals surface area contributed by atoms with Crippen molar-refractivity contribution in [2.45, 2.75) is 0 Å². The lowest BCUT2D eigenvalue weighted by Crippen LogP contribution is -1.92. The van der Waals surface area contributed by atoms with Crippen LogP contribution in [0.5, 0.6) is 5.88 Å². The molecule has 90 valence electrons. The molecule has 7 heteroatoms. The number of halogens is 1. The van der Waals surface area contributed by atoms with Crippen molar-refractivity contribution in [2.24, 2.45) is 0 Å². The monoisotopic (exact) mass is 261 g/mol. The maximum Gasteiger partial charge on any atom is 0.224 e. The van der Waals surface area contributed by atoms with Gasteiger partial charge >= 0.3 is 0 Å². The van der Waals surface area contributed by atoms with Crippen LogP contribution in [0.4, 0.5) is 0 Å². The number of aromatic amines is 1. The van der Waals surface area contributed by atoms with Crippen molar-refractivity contribution in [2.75, 3.05) is 7.11 Å². The average Bonchev–Trinajstić information content (AvgIpc) is 2.85. The number of nitrogens with one attached hydrogen (secondary N) is 1. The van der Waals surface area contributed by atoms with E-state index < -0.39 is 0 Å². The molecule has 0 aliphatic carbocycles. The maximum atomic E-state index is 5.89. The number of H-pyrrole nitrogens is 1. The predicted octanol–water partition coefficient (Wildman–Crippen LogP) is 2.08. The lowest BCUT2D eigenvalue weighted by molar-refractivity contribution is 0.398. The number of ether oxygens (including phenoxy) is 1. The molecule has 0 aliphatic heterocycles. The first kappa shape index (κ1) is 10.9. The van der Waals surface area contributed by atoms with Gasteiger partial charge in [-0.05, 0) is 17.7 Å². The highest BCUT2D eigenvalue weighted by Crippen LogP contribution is 2.27. The Morgan fingerprint density at radius 2 is 2.22 bits per heavy atom. The second-order valence-corrected chi connectivity index (χ2v) is 3.90. The van der Waals surface area contributed by atoms with Crippen molar-refractivity contribution >= 4 is 22.6 Å². The van der Waals surface area contributed by atoms with E-state index in [9.17, 15) is 0 Å². The smallest absolute Gasteiger partial charge is 0.224 e. The summed E-state index contributed by atoms with van der Waals surface area (Å²) >= 11 is 5.89. The van der Waals surface area contributed by atoms with Crippen LogP contribution < -0.4 is 4.74 Å². The van der Waals surface area contributed by atoms with Crippen LogP contribution in [-0.2, 0) is 0 Å². The quantitative estimate of drug-likeness (QED) is 0.715. The molecule has 0 spiro atoms. The molecule has 0 saturated carbocycles. The largest absolute Gasteiger partial charge is 0.481 e. The summed E-state index contributed by atoms with van der Waals surface area (Å²) in [5, 5.41) is 7.67. The van der Waals surface area contributed by atoms with Gasteiger partial charge in [-0.2, -0.15) is 10.1 Å². The Morgan fingerprint density at radius 1 is 1.33 bits per heavy atom. The van der Waals surface area contributed by atoms with E-state index in [4.69, 9.17) is 16.3 Å². The topological polar surface area (TPSA) is 76.6 Å². The van der Waals surface area contributed by atoms with Gasteiger partial charge in [0.15, 0.2) is 5.65 Å². The van der Waals surface area contributed by atoms with E-state index in [1.165, 1.54) is 0 Å². The van der Waals surface area contributed by atoms with E-state index in [1.54, 1.807) is 25.6 Å². The van der Waals surface area contributed by atoms with Crippen LogP contribution in [0.1, 0.15) is 0 Å². The maximum absolute atomic E-state index is 5.89. The summed E-state index contributed by atoms with van der Waals surface area (Å²) in [5.74, 6) is 0.513. The van der Waals surface area contributed by atoms with Crippen LogP contribution in [0.15, 0.2) is 24.5 Å². The third-order valence-electron chi connectivity index (χ3n) is 2.50. The van der Waals surface area contributed by atoms with Crippen LogP contribution in [0.3, 0.4) is 0 Å². The molecule has 0 fully saturated rings. The van der Waals surface area contributed by atoms with Crippen LogP contribution in [0.25, 0.3) is 22.3 Å². The summed E-state index contributed by atoms with van der Waals surface area (Å²) in [4.78, 5) is 12.3. The minimum Gasteiger partial charge on any atom is -0.481 e. The van der Waals surface area contributed by atoms with Gasteiger partial charge in [0.2, 0.25) is 11.2 Å². The second kappa shape index (κ2) is 4.23. The SMILES string of the molecule is COc1cc(-c2nc(Cl)nc3[nH]ncc23)ccn1. The third kappa shape index (κ3) is 1.76. The Morgan fingerprint density at radius 3 is 3.06 bits per heavy atom. The van der Waals surface area contributed by atoms with Crippen LogP contribution in [0, 0.1) is 0 Å². The summed E-state index contributed by atoms with van der Waals surface area (Å²) in [6.45, 7) is 0. The first-order valence-electron chi connectivity index (χ1n) is 5.15. The summed E-state index contributed by atoms with van der Waals surface area (Å²) < 4.78 is 5.09. The van der Waals surface area contributed by atoms with E-state index in [1.807, 2.05) is 6.07 Å². The van der Waals surface area contributed by atoms with Crippen molar-refractivity contribution in [3.63, 3.8) is 0 Å². The molecule has 0 aromatic carbocycles. The Balaban J connectivity index is 2.26. The summed E-state index contributed by atoms with van der Waals surface area (Å²) in [5.41, 5.74) is 2.14. The number of rotatable bonds is 2. The molecular formula is C11H8ClN5O. The normalized spacial score (nSPS) is 10.8. The fourth-order valence-corrected chi connectivity index (χ4v) is 1.87. The number of methoxy groups -OCH3 is 1. The number of fused-ring (bicyclic) bond motifs is 1. The zero-order chi connectivity index (χ0) is 12.5. The molecule has 0 saturated heterocycles. The molecule has 6 nitrogen and oxygen atoms in total. The van der Waals surface area contributed by atoms with E-state index in [0.717, 1.165) is 10.9 Å². The Kier molecular flexibility index (Phi) is 2.56. The molecule has 0 amide bonds. The minimum absolute atomic E-state index is 0.164. The van der Waals surface area contributed by atoms with Gasteiger partial charge in [0.1, 0.15) is 0 Å². The molecule has 0 aliphatic rings. The van der Waals surface area contributed by atoms with Crippen molar-refractivity contribution in [1.29, 1.82) is 0 Å². The second-order valence-electron chi connectivity index (χ2n) is 3.56. The molecule has 3 aromatic heterocycles. The molecule has 0 bridgehead atoms. The van der Waals surface area contributed by atoms with Gasteiger partial charge in [-0.1, -0.05) is 0 Å². The van der Waals surface area contributed by atoms with Crippen LogP contribution >= 0.6 is 11.6 Å². The van der Waals surface area contributed by atoms with Gasteiger partial charge in [0, 0.05) is 17.8 Å². The number of aromatic nitrogens is 5. The van der Waals surface area contributed by atoms with Crippen molar-refractivity contribution in [3.8, 4) is 17.1 Å². The Labute approximate surface area is 107 Å².